The maximum Gasteiger partial charge on any atom is 0.119 e. The van der Waals surface area contributed by atoms with E-state index in [4.69, 9.17) is 12.6 Å². The first-order chi connectivity index (χ1) is 13.7. The third kappa shape index (κ3) is 10.3. The van der Waals surface area contributed by atoms with Crippen molar-refractivity contribution in [3.63, 3.8) is 0 Å². The zero-order chi connectivity index (χ0) is 21.9. The summed E-state index contributed by atoms with van der Waals surface area (Å²) in [5, 5.41) is 10.6. The molecule has 0 bridgehead atoms. The van der Waals surface area contributed by atoms with E-state index >= 15 is 0 Å². The molecule has 1 nitrogen and oxygen atoms in total. The van der Waals surface area contributed by atoms with Gasteiger partial charge in [-0.3, -0.25) is 0 Å². The van der Waals surface area contributed by atoms with Gasteiger partial charge in [0.25, 0.3) is 0 Å². The second-order valence-corrected chi connectivity index (χ2v) is 10.9. The average molecular weight is 421 g/mol. The summed E-state index contributed by atoms with van der Waals surface area (Å²) in [6.45, 7) is 13.2. The summed E-state index contributed by atoms with van der Waals surface area (Å²) >= 11 is 4.95. The third-order valence-electron chi connectivity index (χ3n) is 6.23. The van der Waals surface area contributed by atoms with Crippen molar-refractivity contribution in [2.24, 2.45) is 5.92 Å². The van der Waals surface area contributed by atoms with Crippen LogP contribution in [0, 0.1) is 12.8 Å². The lowest BCUT2D eigenvalue weighted by atomic mass is 9.83. The Kier molecular flexibility index (Phi) is 12.4. The Labute approximate surface area is 187 Å². The molecule has 0 aliphatic heterocycles. The van der Waals surface area contributed by atoms with Gasteiger partial charge in [-0.25, -0.2) is 0 Å². The second-order valence-electron chi connectivity index (χ2n) is 10.3. The van der Waals surface area contributed by atoms with Gasteiger partial charge in [-0.1, -0.05) is 111 Å². The standard InChI is InChI=1S/C27H48OS/c1-7-8-9-10-11-12-13-14-15-16-17-21(2)18-26(29)23-20-24(27(4,5)6)25(28)19-22(23)3/h19-21,26,28-29H,7-18H2,1-6H3. The molecular weight excluding hydrogens is 372 g/mol. The zero-order valence-corrected chi connectivity index (χ0v) is 21.1. The molecule has 0 aliphatic carbocycles. The SMILES string of the molecule is CCCCCCCCCCCCC(C)CC(S)c1cc(C(C)(C)C)c(O)cc1C. The van der Waals surface area contributed by atoms with Crippen LogP contribution in [-0.2, 0) is 5.41 Å². The number of phenolic OH excluding ortho intramolecular Hbond substituents is 1. The van der Waals surface area contributed by atoms with Crippen molar-refractivity contribution in [3.05, 3.63) is 28.8 Å². The lowest BCUT2D eigenvalue weighted by molar-refractivity contribution is 0.442. The molecule has 0 aliphatic rings. The van der Waals surface area contributed by atoms with Crippen molar-refractivity contribution in [2.75, 3.05) is 0 Å². The lowest BCUT2D eigenvalue weighted by Crippen LogP contribution is -2.13. The molecule has 0 spiro atoms. The van der Waals surface area contributed by atoms with Crippen LogP contribution < -0.4 is 0 Å². The Morgan fingerprint density at radius 3 is 1.93 bits per heavy atom. The van der Waals surface area contributed by atoms with Crippen LogP contribution in [0.25, 0.3) is 0 Å². The van der Waals surface area contributed by atoms with Crippen LogP contribution in [0.2, 0.25) is 0 Å². The molecule has 0 heterocycles. The quantitative estimate of drug-likeness (QED) is 0.227. The van der Waals surface area contributed by atoms with Crippen LogP contribution in [0.15, 0.2) is 12.1 Å². The fourth-order valence-corrected chi connectivity index (χ4v) is 4.91. The summed E-state index contributed by atoms with van der Waals surface area (Å²) in [4.78, 5) is 0. The number of aromatic hydroxyl groups is 1. The van der Waals surface area contributed by atoms with Crippen LogP contribution in [0.1, 0.15) is 134 Å². The summed E-state index contributed by atoms with van der Waals surface area (Å²) in [5.41, 5.74) is 3.41. The summed E-state index contributed by atoms with van der Waals surface area (Å²) in [6.07, 6.45) is 16.4. The smallest absolute Gasteiger partial charge is 0.119 e. The summed E-state index contributed by atoms with van der Waals surface area (Å²) in [5.74, 6) is 1.11. The van der Waals surface area contributed by atoms with E-state index in [0.717, 1.165) is 17.5 Å². The molecule has 2 heteroatoms. The molecule has 0 saturated carbocycles. The Morgan fingerprint density at radius 2 is 1.41 bits per heavy atom. The van der Waals surface area contributed by atoms with Crippen molar-refractivity contribution in [2.45, 2.75) is 129 Å². The Hall–Kier alpha value is -0.630. The average Bonchev–Trinajstić information content (AvgIpc) is 2.62. The van der Waals surface area contributed by atoms with E-state index in [1.54, 1.807) is 0 Å². The topological polar surface area (TPSA) is 20.2 Å². The van der Waals surface area contributed by atoms with Gasteiger partial charge < -0.3 is 5.11 Å². The number of aryl methyl sites for hydroxylation is 1. The maximum absolute atomic E-state index is 10.3. The van der Waals surface area contributed by atoms with E-state index < -0.39 is 0 Å². The molecule has 0 radical (unpaired) electrons. The Morgan fingerprint density at radius 1 is 0.897 bits per heavy atom. The van der Waals surface area contributed by atoms with E-state index in [2.05, 4.69) is 47.6 Å². The molecule has 1 rings (SSSR count). The monoisotopic (exact) mass is 420 g/mol. The number of hydrogen-bond acceptors (Lipinski definition) is 2. The normalized spacial score (nSPS) is 14.2. The number of benzene rings is 1. The van der Waals surface area contributed by atoms with Crippen LogP contribution >= 0.6 is 12.6 Å². The first-order valence-electron chi connectivity index (χ1n) is 12.2. The van der Waals surface area contributed by atoms with Crippen molar-refractivity contribution in [3.8, 4) is 5.75 Å². The van der Waals surface area contributed by atoms with Crippen molar-refractivity contribution < 1.29 is 5.11 Å². The van der Waals surface area contributed by atoms with Crippen LogP contribution in [0.5, 0.6) is 5.75 Å². The molecule has 168 valence electrons. The summed E-state index contributed by atoms with van der Waals surface area (Å²) in [6, 6.07) is 4.11. The molecule has 1 aromatic carbocycles. The molecular formula is C27H48OS. The molecule has 1 N–H and O–H groups in total. The van der Waals surface area contributed by atoms with E-state index in [0.29, 0.717) is 11.7 Å². The van der Waals surface area contributed by atoms with Gasteiger partial charge in [-0.05, 0) is 47.4 Å². The number of thiol groups is 1. The van der Waals surface area contributed by atoms with Crippen molar-refractivity contribution in [1.29, 1.82) is 0 Å². The Bertz CT molecular complexity index is 573. The molecule has 2 atom stereocenters. The van der Waals surface area contributed by atoms with Crippen molar-refractivity contribution >= 4 is 12.6 Å². The molecule has 1 aromatic rings. The van der Waals surface area contributed by atoms with Gasteiger partial charge in [0.05, 0.1) is 0 Å². The lowest BCUT2D eigenvalue weighted by Gasteiger charge is -2.25. The number of rotatable bonds is 14. The highest BCUT2D eigenvalue weighted by Gasteiger charge is 2.22. The molecule has 29 heavy (non-hydrogen) atoms. The summed E-state index contributed by atoms with van der Waals surface area (Å²) < 4.78 is 0. The third-order valence-corrected chi connectivity index (χ3v) is 6.72. The highest BCUT2D eigenvalue weighted by molar-refractivity contribution is 7.80. The highest BCUT2D eigenvalue weighted by Crippen LogP contribution is 2.38. The van der Waals surface area contributed by atoms with E-state index in [1.807, 2.05) is 6.07 Å². The maximum atomic E-state index is 10.3. The zero-order valence-electron chi connectivity index (χ0n) is 20.2. The van der Waals surface area contributed by atoms with Gasteiger partial charge in [-0.2, -0.15) is 12.6 Å². The fraction of sp³-hybridized carbons (Fsp3) is 0.778. The van der Waals surface area contributed by atoms with Crippen LogP contribution in [-0.4, -0.2) is 5.11 Å². The first kappa shape index (κ1) is 26.4. The van der Waals surface area contributed by atoms with Gasteiger partial charge in [0.1, 0.15) is 5.75 Å². The molecule has 0 saturated heterocycles. The van der Waals surface area contributed by atoms with Gasteiger partial charge >= 0.3 is 0 Å². The largest absolute Gasteiger partial charge is 0.508 e. The minimum Gasteiger partial charge on any atom is -0.508 e. The highest BCUT2D eigenvalue weighted by atomic mass is 32.1. The van der Waals surface area contributed by atoms with Gasteiger partial charge in [0.15, 0.2) is 0 Å². The molecule has 0 aromatic heterocycles. The molecule has 0 fully saturated rings. The van der Waals surface area contributed by atoms with Crippen LogP contribution in [0.4, 0.5) is 0 Å². The van der Waals surface area contributed by atoms with Crippen LogP contribution in [0.3, 0.4) is 0 Å². The predicted molar refractivity (Wildman–Crippen MR) is 134 cm³/mol. The van der Waals surface area contributed by atoms with Gasteiger partial charge in [-0.15, -0.1) is 0 Å². The number of hydrogen-bond donors (Lipinski definition) is 2. The fourth-order valence-electron chi connectivity index (χ4n) is 4.28. The molecule has 0 amide bonds. The number of phenols is 1. The van der Waals surface area contributed by atoms with Gasteiger partial charge in [0.2, 0.25) is 0 Å². The second kappa shape index (κ2) is 13.6. The van der Waals surface area contributed by atoms with Crippen molar-refractivity contribution in [1.82, 2.24) is 0 Å². The minimum atomic E-state index is -0.0539. The number of unbranched alkanes of at least 4 members (excludes halogenated alkanes) is 9. The summed E-state index contributed by atoms with van der Waals surface area (Å²) in [7, 11) is 0. The molecule has 2 unspecified atom stereocenters. The van der Waals surface area contributed by atoms with E-state index in [-0.39, 0.29) is 10.7 Å². The predicted octanol–water partition coefficient (Wildman–Crippen LogP) is 9.31. The van der Waals surface area contributed by atoms with E-state index in [9.17, 15) is 5.11 Å². The minimum absolute atomic E-state index is 0.0539. The van der Waals surface area contributed by atoms with E-state index in [1.165, 1.54) is 76.2 Å². The first-order valence-corrected chi connectivity index (χ1v) is 12.7. The Balaban J connectivity index is 2.33. The van der Waals surface area contributed by atoms with Gasteiger partial charge in [0, 0.05) is 5.25 Å².